The predicted octanol–water partition coefficient (Wildman–Crippen LogP) is 11.5. The largest absolute Gasteiger partial charge is 0.286 e. The molecule has 0 aromatic carbocycles. The number of nitrogens with zero attached hydrogens (tertiary/aromatic N) is 2. The zero-order chi connectivity index (χ0) is 31.5. The van der Waals surface area contributed by atoms with E-state index in [4.69, 9.17) is 4.99 Å². The van der Waals surface area contributed by atoms with Crippen molar-refractivity contribution < 1.29 is 0 Å². The lowest BCUT2D eigenvalue weighted by Gasteiger charge is -2.30. The highest BCUT2D eigenvalue weighted by Crippen LogP contribution is 2.41. The maximum absolute atomic E-state index is 5.13. The third kappa shape index (κ3) is 9.75. The minimum Gasteiger partial charge on any atom is -0.286 e. The topological polar surface area (TPSA) is 24.7 Å². The molecule has 0 aromatic heterocycles. The SMILES string of the molecule is C=C\C(C)=C/C=C(C)\C(=C/C(=NC)C1=CC(=C)C(=C)CC(/C=C\C(=C/C)C2CCC(=C)C(CC3CCC3)CC2)=N1)C(=C)C. The van der Waals surface area contributed by atoms with Gasteiger partial charge in [-0.2, -0.15) is 0 Å². The molecule has 0 saturated heterocycles. The Hall–Kier alpha value is -3.52. The second kappa shape index (κ2) is 16.4. The van der Waals surface area contributed by atoms with Crippen molar-refractivity contribution in [2.45, 2.75) is 85.5 Å². The van der Waals surface area contributed by atoms with Crippen LogP contribution >= 0.6 is 0 Å². The summed E-state index contributed by atoms with van der Waals surface area (Å²) in [5.74, 6) is 2.20. The highest BCUT2D eigenvalue weighted by Gasteiger charge is 2.27. The number of aliphatic imine (C=N–C) groups is 2. The molecule has 2 atom stereocenters. The van der Waals surface area contributed by atoms with E-state index < -0.39 is 0 Å². The van der Waals surface area contributed by atoms with E-state index in [-0.39, 0.29) is 0 Å². The summed E-state index contributed by atoms with van der Waals surface area (Å²) in [6.07, 6.45) is 28.0. The van der Waals surface area contributed by atoms with Gasteiger partial charge in [-0.15, -0.1) is 0 Å². The first-order valence-corrected chi connectivity index (χ1v) is 16.1. The first kappa shape index (κ1) is 34.0. The molecule has 0 bridgehead atoms. The van der Waals surface area contributed by atoms with E-state index in [1.54, 1.807) is 0 Å². The predicted molar refractivity (Wildman–Crippen MR) is 192 cm³/mol. The van der Waals surface area contributed by atoms with Crippen LogP contribution in [0.25, 0.3) is 0 Å². The van der Waals surface area contributed by atoms with Crippen molar-refractivity contribution in [1.82, 2.24) is 0 Å². The summed E-state index contributed by atoms with van der Waals surface area (Å²) >= 11 is 0. The average molecular weight is 575 g/mol. The normalized spacial score (nSPS) is 23.9. The second-order valence-corrected chi connectivity index (χ2v) is 12.7. The van der Waals surface area contributed by atoms with Crippen molar-refractivity contribution in [2.75, 3.05) is 7.05 Å². The molecule has 0 radical (unpaired) electrons. The average Bonchev–Trinajstić information content (AvgIpc) is 3.22. The van der Waals surface area contributed by atoms with E-state index in [1.807, 2.05) is 33.0 Å². The molecule has 3 aliphatic rings. The molecule has 43 heavy (non-hydrogen) atoms. The molecule has 2 heteroatoms. The molecule has 0 spiro atoms. The number of rotatable bonds is 11. The van der Waals surface area contributed by atoms with Gasteiger partial charge < -0.3 is 0 Å². The molecule has 2 aliphatic carbocycles. The molecular weight excluding hydrogens is 520 g/mol. The molecule has 0 aromatic rings. The first-order chi connectivity index (χ1) is 20.6. The lowest BCUT2D eigenvalue weighted by molar-refractivity contribution is 0.256. The highest BCUT2D eigenvalue weighted by atomic mass is 14.8. The third-order valence-electron chi connectivity index (χ3n) is 9.38. The van der Waals surface area contributed by atoms with Gasteiger partial charge in [0.2, 0.25) is 0 Å². The Morgan fingerprint density at radius 2 is 1.79 bits per heavy atom. The fourth-order valence-corrected chi connectivity index (χ4v) is 6.15. The van der Waals surface area contributed by atoms with Crippen molar-refractivity contribution in [2.24, 2.45) is 27.7 Å². The summed E-state index contributed by atoms with van der Waals surface area (Å²) in [5.41, 5.74) is 11.5. The summed E-state index contributed by atoms with van der Waals surface area (Å²) in [4.78, 5) is 9.78. The van der Waals surface area contributed by atoms with Crippen LogP contribution in [0.1, 0.15) is 85.5 Å². The van der Waals surface area contributed by atoms with E-state index in [1.165, 1.54) is 56.1 Å². The second-order valence-electron chi connectivity index (χ2n) is 12.7. The molecular formula is C41H54N2. The van der Waals surface area contributed by atoms with E-state index in [9.17, 15) is 0 Å². The Balaban J connectivity index is 1.86. The molecule has 1 aliphatic heterocycles. The van der Waals surface area contributed by atoms with Gasteiger partial charge in [-0.1, -0.05) is 99.3 Å². The van der Waals surface area contributed by atoms with Gasteiger partial charge >= 0.3 is 0 Å². The van der Waals surface area contributed by atoms with Crippen LogP contribution in [0.15, 0.2) is 142 Å². The summed E-state index contributed by atoms with van der Waals surface area (Å²) < 4.78 is 0. The van der Waals surface area contributed by atoms with Crippen molar-refractivity contribution >= 4 is 11.4 Å². The smallest absolute Gasteiger partial charge is 0.0891 e. The van der Waals surface area contributed by atoms with Crippen LogP contribution in [-0.4, -0.2) is 18.5 Å². The molecule has 2 saturated carbocycles. The van der Waals surface area contributed by atoms with E-state index in [0.717, 1.165) is 62.9 Å². The number of hydrogen-bond donors (Lipinski definition) is 0. The molecule has 0 N–H and O–H groups in total. The zero-order valence-corrected chi connectivity index (χ0v) is 27.6. The van der Waals surface area contributed by atoms with E-state index >= 15 is 0 Å². The van der Waals surface area contributed by atoms with E-state index in [0.29, 0.717) is 18.3 Å². The fraction of sp³-hybridized carbons (Fsp3) is 0.415. The maximum Gasteiger partial charge on any atom is 0.0891 e. The van der Waals surface area contributed by atoms with Crippen LogP contribution < -0.4 is 0 Å². The van der Waals surface area contributed by atoms with Crippen molar-refractivity contribution in [3.05, 3.63) is 132 Å². The Morgan fingerprint density at radius 1 is 1.05 bits per heavy atom. The van der Waals surface area contributed by atoms with Gasteiger partial charge in [0.05, 0.1) is 11.4 Å². The minimum absolute atomic E-state index is 0.561. The first-order valence-electron chi connectivity index (χ1n) is 16.1. The fourth-order valence-electron chi connectivity index (χ4n) is 6.15. The van der Waals surface area contributed by atoms with Gasteiger partial charge in [0.25, 0.3) is 0 Å². The Labute approximate surface area is 263 Å². The van der Waals surface area contributed by atoms with Crippen LogP contribution in [-0.2, 0) is 0 Å². The Bertz CT molecular complexity index is 1370. The van der Waals surface area contributed by atoms with Gasteiger partial charge in [0, 0.05) is 19.2 Å². The lowest BCUT2D eigenvalue weighted by atomic mass is 9.76. The molecule has 2 fully saturated rings. The molecule has 0 amide bonds. The van der Waals surface area contributed by atoms with Crippen LogP contribution in [0, 0.1) is 17.8 Å². The van der Waals surface area contributed by atoms with E-state index in [2.05, 4.69) is 88.2 Å². The van der Waals surface area contributed by atoms with Crippen molar-refractivity contribution in [1.29, 1.82) is 0 Å². The van der Waals surface area contributed by atoms with Gasteiger partial charge in [-0.05, 0) is 124 Å². The third-order valence-corrected chi connectivity index (χ3v) is 9.38. The molecule has 2 unspecified atom stereocenters. The summed E-state index contributed by atoms with van der Waals surface area (Å²) in [7, 11) is 1.81. The zero-order valence-electron chi connectivity index (χ0n) is 27.6. The standard InChI is InChI=1S/C41H54N2/c1-11-29(5)16-17-31(7)39(28(3)4)27-40(42-10)41-25-33(9)32(8)24-38(43-41)23-22-35(12-2)36-19-18-30(6)37(21-20-36)26-34-14-13-15-34/h11-12,16-17,22-23,25,27,34,36-37H,1,3,6,8-9,13-15,18-21,24,26H2,2,4-5,7,10H3/b23-22-,29-16-,31-17-,35-12+,39-27-,42-40?. The van der Waals surface area contributed by atoms with Crippen LogP contribution in [0.5, 0.6) is 0 Å². The number of hydrogen-bond acceptors (Lipinski definition) is 2. The molecule has 3 rings (SSSR count). The molecule has 1 heterocycles. The molecule has 228 valence electrons. The van der Waals surface area contributed by atoms with Crippen molar-refractivity contribution in [3.63, 3.8) is 0 Å². The summed E-state index contributed by atoms with van der Waals surface area (Å²) in [6.45, 7) is 29.5. The maximum atomic E-state index is 5.13. The summed E-state index contributed by atoms with van der Waals surface area (Å²) in [6, 6.07) is 0. The summed E-state index contributed by atoms with van der Waals surface area (Å²) in [5, 5.41) is 0. The highest BCUT2D eigenvalue weighted by molar-refractivity contribution is 6.12. The van der Waals surface area contributed by atoms with Gasteiger partial charge in [0.1, 0.15) is 0 Å². The van der Waals surface area contributed by atoms with Gasteiger partial charge in [0.15, 0.2) is 0 Å². The van der Waals surface area contributed by atoms with Crippen LogP contribution in [0.3, 0.4) is 0 Å². The Morgan fingerprint density at radius 3 is 2.40 bits per heavy atom. The van der Waals surface area contributed by atoms with Crippen LogP contribution in [0.4, 0.5) is 0 Å². The number of allylic oxidation sites excluding steroid dienone is 16. The van der Waals surface area contributed by atoms with Gasteiger partial charge in [-0.3, -0.25) is 9.98 Å². The lowest BCUT2D eigenvalue weighted by Crippen LogP contribution is -2.16. The van der Waals surface area contributed by atoms with Crippen LogP contribution in [0.2, 0.25) is 0 Å². The van der Waals surface area contributed by atoms with Crippen molar-refractivity contribution in [3.8, 4) is 0 Å². The molecule has 2 nitrogen and oxygen atoms in total. The minimum atomic E-state index is 0.561. The monoisotopic (exact) mass is 574 g/mol. The Kier molecular flexibility index (Phi) is 12.9. The quantitative estimate of drug-likeness (QED) is 0.101. The van der Waals surface area contributed by atoms with Gasteiger partial charge in [-0.25, -0.2) is 0 Å².